The normalized spacial score (nSPS) is 41.3. The highest BCUT2D eigenvalue weighted by atomic mass is 16.4. The lowest BCUT2D eigenvalue weighted by Gasteiger charge is -2.46. The Morgan fingerprint density at radius 1 is 1.06 bits per heavy atom. The number of hydrogen-bond acceptors (Lipinski definition) is 8. The van der Waals surface area contributed by atoms with E-state index in [1.807, 2.05) is 0 Å². The van der Waals surface area contributed by atoms with Gasteiger partial charge in [-0.3, -0.25) is 0 Å². The van der Waals surface area contributed by atoms with Crippen molar-refractivity contribution >= 4 is 0 Å². The molecule has 1 fully saturated rings. The van der Waals surface area contributed by atoms with Gasteiger partial charge >= 0.3 is 0 Å². The Bertz CT molecular complexity index is 263. The number of rotatable bonds is 5. The summed E-state index contributed by atoms with van der Waals surface area (Å²) in [6, 6.07) is -1.60. The molecule has 0 saturated heterocycles. The highest BCUT2D eigenvalue weighted by Crippen LogP contribution is 2.29. The highest BCUT2D eigenvalue weighted by molar-refractivity contribution is 5.05. The summed E-state index contributed by atoms with van der Waals surface area (Å²) >= 11 is 0. The van der Waals surface area contributed by atoms with E-state index in [1.54, 1.807) is 0 Å². The number of aliphatic hydroxyl groups excluding tert-OH is 6. The molecule has 0 aromatic rings. The van der Waals surface area contributed by atoms with E-state index in [-0.39, 0.29) is 6.42 Å². The van der Waals surface area contributed by atoms with Gasteiger partial charge < -0.3 is 41.1 Å². The molecule has 1 saturated carbocycles. The SMILES string of the molecule is OCC(CO)N[C@H]1C[C@@](O)(CO)[C@@H](O)[C@@H](O)[C@@H]1O. The summed E-state index contributed by atoms with van der Waals surface area (Å²) in [7, 11) is 0. The predicted octanol–water partition coefficient (Wildman–Crippen LogP) is -4.49. The summed E-state index contributed by atoms with van der Waals surface area (Å²) in [4.78, 5) is 0. The third-order valence-corrected chi connectivity index (χ3v) is 3.37. The van der Waals surface area contributed by atoms with Crippen LogP contribution in [0, 0.1) is 0 Å². The van der Waals surface area contributed by atoms with Crippen LogP contribution in [0.15, 0.2) is 0 Å². The van der Waals surface area contributed by atoms with Gasteiger partial charge in [0.25, 0.3) is 0 Å². The maximum absolute atomic E-state index is 9.93. The van der Waals surface area contributed by atoms with E-state index in [2.05, 4.69) is 5.32 Å². The Hall–Kier alpha value is -0.320. The van der Waals surface area contributed by atoms with E-state index < -0.39 is 55.8 Å². The van der Waals surface area contributed by atoms with Gasteiger partial charge in [0.05, 0.1) is 32.0 Å². The van der Waals surface area contributed by atoms with Crippen LogP contribution < -0.4 is 5.32 Å². The molecule has 0 unspecified atom stereocenters. The van der Waals surface area contributed by atoms with Gasteiger partial charge in [-0.15, -0.1) is 0 Å². The van der Waals surface area contributed by atoms with Crippen LogP contribution in [0.3, 0.4) is 0 Å². The van der Waals surface area contributed by atoms with Crippen molar-refractivity contribution in [3.63, 3.8) is 0 Å². The van der Waals surface area contributed by atoms with Gasteiger partial charge in [-0.25, -0.2) is 0 Å². The molecule has 1 rings (SSSR count). The molecular weight excluding hydrogens is 246 g/mol. The highest BCUT2D eigenvalue weighted by Gasteiger charge is 2.51. The van der Waals surface area contributed by atoms with Crippen molar-refractivity contribution < 1.29 is 35.7 Å². The molecule has 1 aliphatic carbocycles. The van der Waals surface area contributed by atoms with Gasteiger partial charge in [-0.05, 0) is 6.42 Å². The Morgan fingerprint density at radius 3 is 2.06 bits per heavy atom. The van der Waals surface area contributed by atoms with E-state index in [0.717, 1.165) is 0 Å². The molecule has 8 N–H and O–H groups in total. The van der Waals surface area contributed by atoms with Crippen LogP contribution in [-0.2, 0) is 0 Å². The average Bonchev–Trinajstić information content (AvgIpc) is 2.39. The zero-order chi connectivity index (χ0) is 13.9. The first-order chi connectivity index (χ1) is 8.39. The van der Waals surface area contributed by atoms with Crippen LogP contribution in [0.4, 0.5) is 0 Å². The largest absolute Gasteiger partial charge is 0.395 e. The first-order valence-electron chi connectivity index (χ1n) is 5.74. The molecule has 0 radical (unpaired) electrons. The van der Waals surface area contributed by atoms with E-state index in [4.69, 9.17) is 15.3 Å². The zero-order valence-corrected chi connectivity index (χ0v) is 9.85. The first-order valence-corrected chi connectivity index (χ1v) is 5.74. The molecular formula is C10H21NO7. The van der Waals surface area contributed by atoms with Crippen LogP contribution in [0.1, 0.15) is 6.42 Å². The van der Waals surface area contributed by atoms with Crippen LogP contribution in [0.25, 0.3) is 0 Å². The quantitative estimate of drug-likeness (QED) is 0.248. The summed E-state index contributed by atoms with van der Waals surface area (Å²) in [6.07, 6.45) is -4.91. The van der Waals surface area contributed by atoms with Gasteiger partial charge in [0.15, 0.2) is 0 Å². The molecule has 18 heavy (non-hydrogen) atoms. The van der Waals surface area contributed by atoms with Crippen LogP contribution >= 0.6 is 0 Å². The maximum Gasteiger partial charge on any atom is 0.118 e. The van der Waals surface area contributed by atoms with Crippen molar-refractivity contribution in [2.45, 2.75) is 42.4 Å². The predicted molar refractivity (Wildman–Crippen MR) is 59.6 cm³/mol. The van der Waals surface area contributed by atoms with Crippen molar-refractivity contribution in [1.82, 2.24) is 5.32 Å². The third kappa shape index (κ3) is 2.98. The minimum absolute atomic E-state index is 0.223. The molecule has 1 aliphatic rings. The fourth-order valence-corrected chi connectivity index (χ4v) is 2.15. The molecule has 0 aromatic carbocycles. The fraction of sp³-hybridized carbons (Fsp3) is 1.00. The number of aliphatic hydroxyl groups is 7. The van der Waals surface area contributed by atoms with Crippen LogP contribution in [-0.4, -0.2) is 91.6 Å². The second-order valence-electron chi connectivity index (χ2n) is 4.73. The summed E-state index contributed by atoms with van der Waals surface area (Å²) in [5.74, 6) is 0. The maximum atomic E-state index is 9.93. The Labute approximate surface area is 104 Å². The second kappa shape index (κ2) is 6.22. The summed E-state index contributed by atoms with van der Waals surface area (Å²) in [6.45, 7) is -1.56. The molecule has 8 heteroatoms. The number of hydrogen-bond donors (Lipinski definition) is 8. The van der Waals surface area contributed by atoms with Gasteiger partial charge in [0, 0.05) is 6.04 Å². The molecule has 0 heterocycles. The minimum atomic E-state index is -1.94. The Morgan fingerprint density at radius 2 is 1.61 bits per heavy atom. The topological polar surface area (TPSA) is 154 Å². The summed E-state index contributed by atoms with van der Waals surface area (Å²) in [5, 5.41) is 68.4. The first kappa shape index (κ1) is 15.7. The molecule has 5 atom stereocenters. The molecule has 108 valence electrons. The standard InChI is InChI=1S/C10H21NO7/c12-2-5(3-13)11-6-1-10(18,4-14)9(17)8(16)7(6)15/h5-9,11-18H,1-4H2/t6-,7+,8-,9-,10+/m0/s1. The lowest BCUT2D eigenvalue weighted by atomic mass is 9.76. The number of nitrogens with one attached hydrogen (secondary N) is 1. The zero-order valence-electron chi connectivity index (χ0n) is 9.85. The monoisotopic (exact) mass is 267 g/mol. The molecule has 0 spiro atoms. The van der Waals surface area contributed by atoms with Gasteiger partial charge in [-0.1, -0.05) is 0 Å². The van der Waals surface area contributed by atoms with E-state index in [0.29, 0.717) is 0 Å². The molecule has 0 aliphatic heterocycles. The Kier molecular flexibility index (Phi) is 5.44. The van der Waals surface area contributed by atoms with Crippen molar-refractivity contribution in [3.05, 3.63) is 0 Å². The van der Waals surface area contributed by atoms with Crippen LogP contribution in [0.5, 0.6) is 0 Å². The van der Waals surface area contributed by atoms with Crippen molar-refractivity contribution in [2.24, 2.45) is 0 Å². The van der Waals surface area contributed by atoms with E-state index in [9.17, 15) is 20.4 Å². The Balaban J connectivity index is 2.79. The third-order valence-electron chi connectivity index (χ3n) is 3.37. The van der Waals surface area contributed by atoms with E-state index >= 15 is 0 Å². The summed E-state index contributed by atoms with van der Waals surface area (Å²) < 4.78 is 0. The van der Waals surface area contributed by atoms with Crippen molar-refractivity contribution in [1.29, 1.82) is 0 Å². The van der Waals surface area contributed by atoms with E-state index in [1.165, 1.54) is 0 Å². The molecule has 0 bridgehead atoms. The van der Waals surface area contributed by atoms with Gasteiger partial charge in [0.2, 0.25) is 0 Å². The fourth-order valence-electron chi connectivity index (χ4n) is 2.15. The average molecular weight is 267 g/mol. The van der Waals surface area contributed by atoms with Crippen molar-refractivity contribution in [3.8, 4) is 0 Å². The van der Waals surface area contributed by atoms with Gasteiger partial charge in [0.1, 0.15) is 17.8 Å². The lowest BCUT2D eigenvalue weighted by molar-refractivity contribution is -0.207. The summed E-state index contributed by atoms with van der Waals surface area (Å²) in [5.41, 5.74) is -1.94. The molecule has 0 amide bonds. The van der Waals surface area contributed by atoms with Crippen molar-refractivity contribution in [2.75, 3.05) is 19.8 Å². The second-order valence-corrected chi connectivity index (χ2v) is 4.73. The van der Waals surface area contributed by atoms with Gasteiger partial charge in [-0.2, -0.15) is 0 Å². The van der Waals surface area contributed by atoms with Crippen LogP contribution in [0.2, 0.25) is 0 Å². The smallest absolute Gasteiger partial charge is 0.118 e. The minimum Gasteiger partial charge on any atom is -0.395 e. The molecule has 8 nitrogen and oxygen atoms in total. The lowest BCUT2D eigenvalue weighted by Crippen LogP contribution is -2.68. The molecule has 0 aromatic heterocycles.